The summed E-state index contributed by atoms with van der Waals surface area (Å²) in [5.74, 6) is 0. The van der Waals surface area contributed by atoms with E-state index in [9.17, 15) is 0 Å². The van der Waals surface area contributed by atoms with E-state index in [0.717, 1.165) is 25.7 Å². The van der Waals surface area contributed by atoms with Crippen molar-refractivity contribution in [2.24, 2.45) is 0 Å². The molecule has 1 rings (SSSR count). The molecule has 1 radical (unpaired) electrons. The zero-order chi connectivity index (χ0) is 11.8. The Balaban J connectivity index is 2.70. The summed E-state index contributed by atoms with van der Waals surface area (Å²) in [5, 5.41) is 1.44. The summed E-state index contributed by atoms with van der Waals surface area (Å²) in [6, 6.07) is 8.56. The van der Waals surface area contributed by atoms with Crippen molar-refractivity contribution in [3.63, 3.8) is 0 Å². The van der Waals surface area contributed by atoms with Gasteiger partial charge < -0.3 is 9.47 Å². The molecule has 0 aromatic heterocycles. The molecule has 0 fully saturated rings. The zero-order valence-electron chi connectivity index (χ0n) is 10.5. The predicted molar refractivity (Wildman–Crippen MR) is 69.6 cm³/mol. The molecule has 0 aliphatic carbocycles. The molecular weight excluding hydrogens is 216 g/mol. The number of rotatable bonds is 7. The van der Waals surface area contributed by atoms with Gasteiger partial charge in [-0.15, -0.1) is 0 Å². The minimum atomic E-state index is -0.722. The Morgan fingerprint density at radius 2 is 1.56 bits per heavy atom. The van der Waals surface area contributed by atoms with Gasteiger partial charge in [-0.3, -0.25) is 0 Å². The van der Waals surface area contributed by atoms with Gasteiger partial charge in [-0.1, -0.05) is 35.0 Å². The van der Waals surface area contributed by atoms with Gasteiger partial charge in [0.1, 0.15) is 8.80 Å². The summed E-state index contributed by atoms with van der Waals surface area (Å²) >= 11 is 0. The quantitative estimate of drug-likeness (QED) is 0.674. The third-order valence-corrected chi connectivity index (χ3v) is 4.91. The molecule has 0 aliphatic heterocycles. The highest BCUT2D eigenvalue weighted by Crippen LogP contribution is 1.98. The molecule has 0 saturated heterocycles. The van der Waals surface area contributed by atoms with E-state index in [2.05, 4.69) is 31.2 Å². The summed E-state index contributed by atoms with van der Waals surface area (Å²) in [7, 11) is -0.722. The molecule has 0 atom stereocenters. The van der Waals surface area contributed by atoms with Gasteiger partial charge in [-0.05, 0) is 20.8 Å². The van der Waals surface area contributed by atoms with Crippen molar-refractivity contribution in [3.05, 3.63) is 29.8 Å². The van der Waals surface area contributed by atoms with E-state index in [1.807, 2.05) is 13.8 Å². The van der Waals surface area contributed by atoms with E-state index in [1.165, 1.54) is 10.8 Å². The summed E-state index contributed by atoms with van der Waals surface area (Å²) in [6.45, 7) is 7.81. The van der Waals surface area contributed by atoms with Crippen LogP contribution in [0.25, 0.3) is 0 Å². The smallest absolute Gasteiger partial charge is 0.146 e. The van der Waals surface area contributed by atoms with Gasteiger partial charge in [0.15, 0.2) is 0 Å². The first kappa shape index (κ1) is 13.4. The lowest BCUT2D eigenvalue weighted by Crippen LogP contribution is -2.41. The fraction of sp³-hybridized carbons (Fsp3) is 0.538. The summed E-state index contributed by atoms with van der Waals surface area (Å²) < 4.78 is 11.1. The van der Waals surface area contributed by atoms with Crippen LogP contribution in [-0.4, -0.2) is 34.5 Å². The van der Waals surface area contributed by atoms with Crippen molar-refractivity contribution in [2.45, 2.75) is 20.8 Å². The maximum Gasteiger partial charge on any atom is 0.146 e. The first-order chi connectivity index (χ1) is 7.79. The molecule has 89 valence electrons. The van der Waals surface area contributed by atoms with Crippen LogP contribution in [0.5, 0.6) is 0 Å². The highest BCUT2D eigenvalue weighted by Gasteiger charge is 2.16. The van der Waals surface area contributed by atoms with E-state index in [4.69, 9.17) is 9.47 Å². The average Bonchev–Trinajstić information content (AvgIpc) is 2.31. The summed E-state index contributed by atoms with van der Waals surface area (Å²) in [4.78, 5) is 0. The SMILES string of the molecule is CCOC[Si](COCC)c1ccccc1C. The molecule has 0 aliphatic rings. The standard InChI is InChI=1S/C13H21O2Si/c1-4-14-10-16(11-15-5-2)13-9-7-6-8-12(13)3/h6-9H,4-5,10-11H2,1-3H3. The molecule has 2 nitrogen and oxygen atoms in total. The van der Waals surface area contributed by atoms with Gasteiger partial charge in [0.25, 0.3) is 0 Å². The van der Waals surface area contributed by atoms with E-state index in [1.54, 1.807) is 0 Å². The van der Waals surface area contributed by atoms with Crippen molar-refractivity contribution in [2.75, 3.05) is 25.7 Å². The number of benzene rings is 1. The lowest BCUT2D eigenvalue weighted by molar-refractivity contribution is 0.169. The normalized spacial score (nSPS) is 11.0. The fourth-order valence-electron chi connectivity index (χ4n) is 1.62. The number of hydrogen-bond donors (Lipinski definition) is 0. The van der Waals surface area contributed by atoms with Crippen molar-refractivity contribution in [1.29, 1.82) is 0 Å². The Bertz CT molecular complexity index is 294. The second-order valence-corrected chi connectivity index (χ2v) is 6.02. The van der Waals surface area contributed by atoms with Gasteiger partial charge in [0, 0.05) is 25.7 Å². The lowest BCUT2D eigenvalue weighted by atomic mass is 10.2. The van der Waals surface area contributed by atoms with Crippen LogP contribution in [0.3, 0.4) is 0 Å². The maximum atomic E-state index is 5.57. The van der Waals surface area contributed by atoms with Crippen LogP contribution in [0.15, 0.2) is 24.3 Å². The Morgan fingerprint density at radius 1 is 1.00 bits per heavy atom. The Labute approximate surface area is 100 Å². The molecule has 0 unspecified atom stereocenters. The molecule has 0 saturated carbocycles. The average molecular weight is 237 g/mol. The highest BCUT2D eigenvalue weighted by atomic mass is 28.3. The molecule has 1 aromatic carbocycles. The monoisotopic (exact) mass is 237 g/mol. The third kappa shape index (κ3) is 4.08. The van der Waals surface area contributed by atoms with Gasteiger partial charge in [-0.25, -0.2) is 0 Å². The van der Waals surface area contributed by atoms with Crippen molar-refractivity contribution >= 4 is 14.0 Å². The van der Waals surface area contributed by atoms with Gasteiger partial charge in [0.05, 0.1) is 0 Å². The lowest BCUT2D eigenvalue weighted by Gasteiger charge is -2.17. The Hall–Kier alpha value is -0.643. The third-order valence-electron chi connectivity index (χ3n) is 2.49. The maximum absolute atomic E-state index is 5.57. The molecular formula is C13H21O2Si. The molecule has 0 spiro atoms. The van der Waals surface area contributed by atoms with Crippen LogP contribution in [0.1, 0.15) is 19.4 Å². The van der Waals surface area contributed by atoms with Crippen molar-refractivity contribution < 1.29 is 9.47 Å². The molecule has 0 heterocycles. The first-order valence-corrected chi connectivity index (χ1v) is 7.77. The largest absolute Gasteiger partial charge is 0.385 e. The minimum Gasteiger partial charge on any atom is -0.385 e. The van der Waals surface area contributed by atoms with E-state index in [-0.39, 0.29) is 0 Å². The Morgan fingerprint density at radius 3 is 2.06 bits per heavy atom. The molecule has 1 aromatic rings. The van der Waals surface area contributed by atoms with E-state index >= 15 is 0 Å². The molecule has 16 heavy (non-hydrogen) atoms. The van der Waals surface area contributed by atoms with E-state index < -0.39 is 8.80 Å². The topological polar surface area (TPSA) is 18.5 Å². The number of aryl methyl sites for hydroxylation is 1. The number of hydrogen-bond acceptors (Lipinski definition) is 2. The zero-order valence-corrected chi connectivity index (χ0v) is 11.5. The Kier molecular flexibility index (Phi) is 6.38. The fourth-order valence-corrected chi connectivity index (χ4v) is 3.89. The molecule has 0 amide bonds. The van der Waals surface area contributed by atoms with Crippen LogP contribution >= 0.6 is 0 Å². The van der Waals surface area contributed by atoms with E-state index in [0.29, 0.717) is 0 Å². The first-order valence-electron chi connectivity index (χ1n) is 5.85. The predicted octanol–water partition coefficient (Wildman–Crippen LogP) is 1.85. The van der Waals surface area contributed by atoms with Gasteiger partial charge in [-0.2, -0.15) is 0 Å². The summed E-state index contributed by atoms with van der Waals surface area (Å²) in [6.07, 6.45) is 1.68. The van der Waals surface area contributed by atoms with Gasteiger partial charge in [0.2, 0.25) is 0 Å². The molecule has 0 bridgehead atoms. The minimum absolute atomic E-state index is 0.722. The second-order valence-electron chi connectivity index (χ2n) is 3.69. The van der Waals surface area contributed by atoms with Crippen LogP contribution in [0.4, 0.5) is 0 Å². The van der Waals surface area contributed by atoms with Gasteiger partial charge >= 0.3 is 0 Å². The second kappa shape index (κ2) is 7.60. The van der Waals surface area contributed by atoms with Crippen LogP contribution in [0, 0.1) is 6.92 Å². The van der Waals surface area contributed by atoms with Crippen LogP contribution in [0.2, 0.25) is 0 Å². The highest BCUT2D eigenvalue weighted by molar-refractivity contribution is 6.73. The van der Waals surface area contributed by atoms with Crippen molar-refractivity contribution in [1.82, 2.24) is 0 Å². The number of ether oxygens (including phenoxy) is 2. The van der Waals surface area contributed by atoms with Crippen LogP contribution < -0.4 is 5.19 Å². The summed E-state index contributed by atoms with van der Waals surface area (Å²) in [5.41, 5.74) is 1.36. The molecule has 0 N–H and O–H groups in total. The molecule has 3 heteroatoms. The van der Waals surface area contributed by atoms with Crippen LogP contribution in [-0.2, 0) is 9.47 Å². The van der Waals surface area contributed by atoms with Crippen molar-refractivity contribution in [3.8, 4) is 0 Å².